The molecule has 6 heteroatoms. The fourth-order valence-electron chi connectivity index (χ4n) is 5.33. The van der Waals surface area contributed by atoms with Gasteiger partial charge in [-0.05, 0) is 95.1 Å². The number of benzene rings is 5. The molecule has 0 N–H and O–H groups in total. The number of aromatic nitrogens is 2. The van der Waals surface area contributed by atoms with Crippen molar-refractivity contribution in [1.29, 1.82) is 0 Å². The van der Waals surface area contributed by atoms with Crippen molar-refractivity contribution >= 4 is 46.1 Å². The molecule has 5 aromatic carbocycles. The molecular formula is C40H24F4N2. The van der Waals surface area contributed by atoms with Gasteiger partial charge in [0.15, 0.2) is 0 Å². The standard InChI is InChI=1S/C40H24F4N2/c41-31-11-17-35(37(43)23-31)27-9-19-39-29(21-27)7-15-33(45-39)13-5-25-1-2-26(4-3-25)6-14-34-16-8-30-22-28(10-20-40(30)46-34)36-18-12-32(42)24-38(36)44/h1-24H. The number of pyridine rings is 2. The summed E-state index contributed by atoms with van der Waals surface area (Å²) in [6, 6.07) is 33.8. The summed E-state index contributed by atoms with van der Waals surface area (Å²) in [5.41, 5.74) is 7.16. The number of fused-ring (bicyclic) bond motifs is 2. The summed E-state index contributed by atoms with van der Waals surface area (Å²) in [4.78, 5) is 9.40. The second kappa shape index (κ2) is 12.3. The maximum absolute atomic E-state index is 14.2. The highest BCUT2D eigenvalue weighted by molar-refractivity contribution is 5.87. The molecule has 0 spiro atoms. The third kappa shape index (κ3) is 6.19. The van der Waals surface area contributed by atoms with Crippen LogP contribution in [0.4, 0.5) is 17.6 Å². The van der Waals surface area contributed by atoms with Crippen LogP contribution in [0, 0.1) is 23.3 Å². The highest BCUT2D eigenvalue weighted by Crippen LogP contribution is 2.28. The molecule has 0 bridgehead atoms. The molecule has 0 amide bonds. The van der Waals surface area contributed by atoms with E-state index in [1.807, 2.05) is 97.1 Å². The smallest absolute Gasteiger partial charge is 0.133 e. The van der Waals surface area contributed by atoms with E-state index in [4.69, 9.17) is 9.97 Å². The molecule has 7 aromatic rings. The van der Waals surface area contributed by atoms with Crippen LogP contribution >= 0.6 is 0 Å². The zero-order chi connectivity index (χ0) is 31.6. The van der Waals surface area contributed by atoms with Crippen LogP contribution in [0.25, 0.3) is 68.4 Å². The van der Waals surface area contributed by atoms with Crippen molar-refractivity contribution in [3.8, 4) is 22.3 Å². The van der Waals surface area contributed by atoms with Crippen molar-refractivity contribution < 1.29 is 17.6 Å². The Balaban J connectivity index is 1.02. The lowest BCUT2D eigenvalue weighted by atomic mass is 10.0. The molecular weight excluding hydrogens is 584 g/mol. The molecule has 222 valence electrons. The maximum atomic E-state index is 14.2. The molecule has 0 aliphatic carbocycles. The van der Waals surface area contributed by atoms with Gasteiger partial charge < -0.3 is 0 Å². The van der Waals surface area contributed by atoms with Crippen LogP contribution < -0.4 is 0 Å². The summed E-state index contributed by atoms with van der Waals surface area (Å²) < 4.78 is 55.1. The van der Waals surface area contributed by atoms with Gasteiger partial charge in [0, 0.05) is 34.0 Å². The Morgan fingerprint density at radius 2 is 0.826 bits per heavy atom. The van der Waals surface area contributed by atoms with E-state index < -0.39 is 23.3 Å². The second-order valence-corrected chi connectivity index (χ2v) is 10.9. The Morgan fingerprint density at radius 1 is 0.391 bits per heavy atom. The Kier molecular flexibility index (Phi) is 7.69. The highest BCUT2D eigenvalue weighted by atomic mass is 19.1. The van der Waals surface area contributed by atoms with Crippen molar-refractivity contribution in [2.45, 2.75) is 0 Å². The predicted octanol–water partition coefficient (Wildman–Crippen LogP) is 11.0. The molecule has 7 rings (SSSR count). The van der Waals surface area contributed by atoms with E-state index in [-0.39, 0.29) is 0 Å². The van der Waals surface area contributed by atoms with Gasteiger partial charge in [0.1, 0.15) is 23.3 Å². The largest absolute Gasteiger partial charge is 0.248 e. The normalized spacial score (nSPS) is 11.7. The van der Waals surface area contributed by atoms with Crippen LogP contribution in [0.5, 0.6) is 0 Å². The second-order valence-electron chi connectivity index (χ2n) is 10.9. The summed E-state index contributed by atoms with van der Waals surface area (Å²) in [7, 11) is 0. The molecule has 0 unspecified atom stereocenters. The monoisotopic (exact) mass is 608 g/mol. The van der Waals surface area contributed by atoms with E-state index >= 15 is 0 Å². The van der Waals surface area contributed by atoms with Crippen LogP contribution in [-0.4, -0.2) is 9.97 Å². The average molecular weight is 609 g/mol. The summed E-state index contributed by atoms with van der Waals surface area (Å²) in [5.74, 6) is -2.41. The lowest BCUT2D eigenvalue weighted by Gasteiger charge is -2.06. The molecule has 0 radical (unpaired) electrons. The van der Waals surface area contributed by atoms with E-state index in [1.54, 1.807) is 12.1 Å². The lowest BCUT2D eigenvalue weighted by Crippen LogP contribution is -1.88. The average Bonchev–Trinajstić information content (AvgIpc) is 3.06. The minimum atomic E-state index is -0.605. The molecule has 0 atom stereocenters. The van der Waals surface area contributed by atoms with E-state index in [0.29, 0.717) is 22.3 Å². The van der Waals surface area contributed by atoms with Gasteiger partial charge >= 0.3 is 0 Å². The van der Waals surface area contributed by atoms with E-state index in [2.05, 4.69) is 0 Å². The molecule has 0 aliphatic heterocycles. The SMILES string of the molecule is Fc1ccc(-c2ccc3nc(C=Cc4ccc(C=Cc5ccc6cc(-c7ccc(F)cc7F)ccc6n5)cc4)ccc3c2)c(F)c1. The minimum absolute atomic E-state index is 0.344. The molecule has 0 saturated heterocycles. The molecule has 0 aliphatic rings. The lowest BCUT2D eigenvalue weighted by molar-refractivity contribution is 0.585. The molecule has 2 heterocycles. The first-order valence-corrected chi connectivity index (χ1v) is 14.6. The first-order chi connectivity index (χ1) is 22.4. The van der Waals surface area contributed by atoms with Crippen molar-refractivity contribution in [2.24, 2.45) is 0 Å². The predicted molar refractivity (Wildman–Crippen MR) is 178 cm³/mol. The Hall–Kier alpha value is -5.88. The van der Waals surface area contributed by atoms with Crippen molar-refractivity contribution in [2.75, 3.05) is 0 Å². The van der Waals surface area contributed by atoms with Crippen LogP contribution in [0.15, 0.2) is 121 Å². The van der Waals surface area contributed by atoms with Gasteiger partial charge in [-0.1, -0.05) is 60.7 Å². The van der Waals surface area contributed by atoms with E-state index in [9.17, 15) is 17.6 Å². The fourth-order valence-corrected chi connectivity index (χ4v) is 5.33. The number of rotatable bonds is 6. The van der Waals surface area contributed by atoms with Gasteiger partial charge in [-0.15, -0.1) is 0 Å². The number of halogens is 4. The maximum Gasteiger partial charge on any atom is 0.133 e. The Bertz CT molecular complexity index is 2140. The van der Waals surface area contributed by atoms with Crippen molar-refractivity contribution in [1.82, 2.24) is 9.97 Å². The van der Waals surface area contributed by atoms with Gasteiger partial charge in [0.2, 0.25) is 0 Å². The Morgan fingerprint density at radius 3 is 1.24 bits per heavy atom. The molecule has 2 nitrogen and oxygen atoms in total. The number of nitrogens with zero attached hydrogens (tertiary/aromatic N) is 2. The molecule has 2 aromatic heterocycles. The van der Waals surface area contributed by atoms with Crippen LogP contribution in [0.2, 0.25) is 0 Å². The van der Waals surface area contributed by atoms with Crippen molar-refractivity contribution in [3.63, 3.8) is 0 Å². The number of hydrogen-bond acceptors (Lipinski definition) is 2. The van der Waals surface area contributed by atoms with E-state index in [0.717, 1.165) is 56.5 Å². The topological polar surface area (TPSA) is 25.8 Å². The fraction of sp³-hybridized carbons (Fsp3) is 0. The summed E-state index contributed by atoms with van der Waals surface area (Å²) in [5, 5.41) is 1.72. The van der Waals surface area contributed by atoms with Gasteiger partial charge in [0.05, 0.1) is 22.4 Å². The zero-order valence-electron chi connectivity index (χ0n) is 24.3. The first-order valence-electron chi connectivity index (χ1n) is 14.6. The summed E-state index contributed by atoms with van der Waals surface area (Å²) in [6.07, 6.45) is 7.85. The van der Waals surface area contributed by atoms with Gasteiger partial charge in [-0.2, -0.15) is 0 Å². The summed E-state index contributed by atoms with van der Waals surface area (Å²) in [6.45, 7) is 0. The molecule has 0 fully saturated rings. The number of hydrogen-bond donors (Lipinski definition) is 0. The highest BCUT2D eigenvalue weighted by Gasteiger charge is 2.09. The third-order valence-corrected chi connectivity index (χ3v) is 7.74. The first kappa shape index (κ1) is 28.9. The molecule has 0 saturated carbocycles. The quantitative estimate of drug-likeness (QED) is 0.176. The molecule has 46 heavy (non-hydrogen) atoms. The van der Waals surface area contributed by atoms with Crippen molar-refractivity contribution in [3.05, 3.63) is 167 Å². The summed E-state index contributed by atoms with van der Waals surface area (Å²) >= 11 is 0. The van der Waals surface area contributed by atoms with Crippen LogP contribution in [-0.2, 0) is 0 Å². The Labute approximate surface area is 262 Å². The van der Waals surface area contributed by atoms with Gasteiger partial charge in [-0.25, -0.2) is 27.5 Å². The van der Waals surface area contributed by atoms with Crippen LogP contribution in [0.3, 0.4) is 0 Å². The van der Waals surface area contributed by atoms with Crippen LogP contribution in [0.1, 0.15) is 22.5 Å². The minimum Gasteiger partial charge on any atom is -0.248 e. The van der Waals surface area contributed by atoms with Gasteiger partial charge in [0.25, 0.3) is 0 Å². The zero-order valence-corrected chi connectivity index (χ0v) is 24.3. The third-order valence-electron chi connectivity index (χ3n) is 7.74. The van der Waals surface area contributed by atoms with E-state index in [1.165, 1.54) is 24.3 Å². The van der Waals surface area contributed by atoms with Gasteiger partial charge in [-0.3, -0.25) is 0 Å².